The lowest BCUT2D eigenvalue weighted by Crippen LogP contribution is -2.33. The van der Waals surface area contributed by atoms with Crippen molar-refractivity contribution >= 4 is 28.4 Å². The van der Waals surface area contributed by atoms with Crippen molar-refractivity contribution in [2.24, 2.45) is 7.05 Å². The summed E-state index contributed by atoms with van der Waals surface area (Å²) in [6, 6.07) is 13.9. The van der Waals surface area contributed by atoms with Crippen LogP contribution in [-0.4, -0.2) is 34.9 Å². The molecule has 3 heterocycles. The molecule has 2 aliphatic rings. The normalized spacial score (nSPS) is 18.0. The Balaban J connectivity index is 1.78. The van der Waals surface area contributed by atoms with Gasteiger partial charge in [0.25, 0.3) is 5.91 Å². The molecule has 2 aromatic carbocycles. The second kappa shape index (κ2) is 6.24. The maximum atomic E-state index is 13.3. The number of imide groups is 1. The first-order valence-electron chi connectivity index (χ1n) is 9.54. The van der Waals surface area contributed by atoms with Crippen molar-refractivity contribution in [2.75, 3.05) is 19.0 Å². The lowest BCUT2D eigenvalue weighted by atomic mass is 9.84. The van der Waals surface area contributed by atoms with Gasteiger partial charge in [-0.1, -0.05) is 18.2 Å². The Bertz CT molecular complexity index is 1200. The summed E-state index contributed by atoms with van der Waals surface area (Å²) >= 11 is 0. The number of ether oxygens (including phenoxy) is 1. The number of hydrogen-bond acceptors (Lipinski definition) is 4. The molecule has 0 unspecified atom stereocenters. The van der Waals surface area contributed by atoms with Crippen LogP contribution in [0.5, 0.6) is 5.75 Å². The third-order valence-corrected chi connectivity index (χ3v) is 5.88. The van der Waals surface area contributed by atoms with Crippen molar-refractivity contribution in [1.82, 2.24) is 9.47 Å². The van der Waals surface area contributed by atoms with E-state index < -0.39 is 0 Å². The number of nitrogens with zero attached hydrogens (tertiary/aromatic N) is 2. The molecule has 5 rings (SSSR count). The van der Waals surface area contributed by atoms with Crippen LogP contribution in [0.15, 0.2) is 59.9 Å². The summed E-state index contributed by atoms with van der Waals surface area (Å²) < 4.78 is 7.39. The molecule has 0 fully saturated rings. The van der Waals surface area contributed by atoms with Gasteiger partial charge in [0.05, 0.1) is 24.7 Å². The lowest BCUT2D eigenvalue weighted by Gasteiger charge is -2.19. The summed E-state index contributed by atoms with van der Waals surface area (Å²) in [5.74, 6) is 0.0134. The van der Waals surface area contributed by atoms with E-state index in [1.54, 1.807) is 7.11 Å². The molecule has 0 aliphatic carbocycles. The first-order valence-corrected chi connectivity index (χ1v) is 9.54. The molecule has 0 bridgehead atoms. The Morgan fingerprint density at radius 2 is 1.93 bits per heavy atom. The maximum Gasteiger partial charge on any atom is 0.259 e. The van der Waals surface area contributed by atoms with Crippen molar-refractivity contribution in [1.29, 1.82) is 0 Å². The number of hydrogen-bond donors (Lipinski definition) is 1. The highest BCUT2D eigenvalue weighted by Gasteiger charge is 2.41. The van der Waals surface area contributed by atoms with E-state index in [0.29, 0.717) is 5.57 Å². The number of amides is 2. The van der Waals surface area contributed by atoms with Crippen molar-refractivity contribution in [3.8, 4) is 5.75 Å². The van der Waals surface area contributed by atoms with E-state index in [4.69, 9.17) is 4.74 Å². The van der Waals surface area contributed by atoms with Gasteiger partial charge < -0.3 is 14.6 Å². The first kappa shape index (κ1) is 17.6. The second-order valence-corrected chi connectivity index (χ2v) is 7.53. The molecular formula is C23H21N3O3. The quantitative estimate of drug-likeness (QED) is 0.732. The Hall–Kier alpha value is -3.54. The van der Waals surface area contributed by atoms with Crippen LogP contribution < -0.4 is 10.1 Å². The lowest BCUT2D eigenvalue weighted by molar-refractivity contribution is -0.139. The van der Waals surface area contributed by atoms with Gasteiger partial charge in [0.15, 0.2) is 0 Å². The van der Waals surface area contributed by atoms with E-state index in [0.717, 1.165) is 39.2 Å². The predicted molar refractivity (Wildman–Crippen MR) is 111 cm³/mol. The van der Waals surface area contributed by atoms with Crippen LogP contribution in [0.25, 0.3) is 10.9 Å². The topological polar surface area (TPSA) is 63.6 Å². The highest BCUT2D eigenvalue weighted by atomic mass is 16.5. The fourth-order valence-electron chi connectivity index (χ4n) is 4.51. The van der Waals surface area contributed by atoms with E-state index in [-0.39, 0.29) is 24.3 Å². The van der Waals surface area contributed by atoms with Crippen LogP contribution in [0, 0.1) is 0 Å². The molecule has 2 amide bonds. The predicted octanol–water partition coefficient (Wildman–Crippen LogP) is 3.39. The fraction of sp³-hybridized carbons (Fsp3) is 0.217. The summed E-state index contributed by atoms with van der Waals surface area (Å²) in [7, 11) is 3.64. The highest BCUT2D eigenvalue weighted by molar-refractivity contribution is 6.11. The van der Waals surface area contributed by atoms with Crippen LogP contribution in [0.1, 0.15) is 24.0 Å². The van der Waals surface area contributed by atoms with E-state index in [1.807, 2.05) is 43.4 Å². The van der Waals surface area contributed by atoms with Crippen molar-refractivity contribution in [3.63, 3.8) is 0 Å². The Kier molecular flexibility index (Phi) is 3.77. The number of aromatic nitrogens is 1. The molecular weight excluding hydrogens is 366 g/mol. The van der Waals surface area contributed by atoms with Crippen LogP contribution in [0.3, 0.4) is 0 Å². The number of methoxy groups -OCH3 is 1. The third-order valence-electron chi connectivity index (χ3n) is 5.88. The van der Waals surface area contributed by atoms with Gasteiger partial charge in [-0.2, -0.15) is 0 Å². The number of anilines is 1. The van der Waals surface area contributed by atoms with Gasteiger partial charge in [0.1, 0.15) is 5.75 Å². The van der Waals surface area contributed by atoms with Crippen LogP contribution in [0.2, 0.25) is 0 Å². The van der Waals surface area contributed by atoms with E-state index in [1.165, 1.54) is 11.8 Å². The van der Waals surface area contributed by atoms with Gasteiger partial charge in [-0.25, -0.2) is 0 Å². The number of aryl methyl sites for hydroxylation is 1. The Morgan fingerprint density at radius 3 is 2.62 bits per heavy atom. The standard InChI is InChI=1S/C23H21N3O3/c1-13(27)26-12-18-22(23(26)28)20(14-7-9-15(29-3)10-8-14)16-11-25(2)19-6-4-5-17(24-18)21(16)19/h4-11,20,24H,12H2,1-3H3/t20-/m0/s1. The molecule has 1 N–H and O–H groups in total. The van der Waals surface area contributed by atoms with Gasteiger partial charge in [-0.15, -0.1) is 0 Å². The minimum absolute atomic E-state index is 0.231. The first-order chi connectivity index (χ1) is 14.0. The molecule has 6 heteroatoms. The smallest absolute Gasteiger partial charge is 0.259 e. The SMILES string of the molecule is COc1ccc([C@@H]2C3=C(CN(C(C)=O)C3=O)Nc3cccc4c3c2cn4C)cc1. The maximum absolute atomic E-state index is 13.3. The highest BCUT2D eigenvalue weighted by Crippen LogP contribution is 2.46. The summed E-state index contributed by atoms with van der Waals surface area (Å²) in [4.78, 5) is 26.7. The molecule has 2 aliphatic heterocycles. The van der Waals surface area contributed by atoms with Crippen LogP contribution in [-0.2, 0) is 16.6 Å². The van der Waals surface area contributed by atoms with Crippen molar-refractivity contribution < 1.29 is 14.3 Å². The third kappa shape index (κ3) is 2.49. The molecule has 1 aromatic heterocycles. The number of rotatable bonds is 2. The number of benzene rings is 2. The fourth-order valence-corrected chi connectivity index (χ4v) is 4.51. The van der Waals surface area contributed by atoms with Crippen LogP contribution >= 0.6 is 0 Å². The molecule has 6 nitrogen and oxygen atoms in total. The van der Waals surface area contributed by atoms with Gasteiger partial charge in [0, 0.05) is 42.9 Å². The zero-order chi connectivity index (χ0) is 20.3. The minimum atomic E-state index is -0.271. The van der Waals surface area contributed by atoms with E-state index >= 15 is 0 Å². The summed E-state index contributed by atoms with van der Waals surface area (Å²) in [5.41, 5.74) is 5.52. The Morgan fingerprint density at radius 1 is 1.17 bits per heavy atom. The molecule has 0 radical (unpaired) electrons. The van der Waals surface area contributed by atoms with Gasteiger partial charge in [-0.3, -0.25) is 14.5 Å². The molecule has 0 spiro atoms. The van der Waals surface area contributed by atoms with Crippen LogP contribution in [0.4, 0.5) is 5.69 Å². The molecule has 146 valence electrons. The van der Waals surface area contributed by atoms with E-state index in [2.05, 4.69) is 22.1 Å². The molecule has 0 saturated heterocycles. The Labute approximate surface area is 168 Å². The number of carbonyl (C=O) groups is 2. The summed E-state index contributed by atoms with van der Waals surface area (Å²) in [6.45, 7) is 1.70. The van der Waals surface area contributed by atoms with Crippen molar-refractivity contribution in [3.05, 3.63) is 71.1 Å². The number of nitrogens with one attached hydrogen (secondary N) is 1. The monoisotopic (exact) mass is 387 g/mol. The van der Waals surface area contributed by atoms with Gasteiger partial charge >= 0.3 is 0 Å². The van der Waals surface area contributed by atoms with E-state index in [9.17, 15) is 9.59 Å². The number of carbonyl (C=O) groups excluding carboxylic acids is 2. The molecule has 0 saturated carbocycles. The molecule has 1 atom stereocenters. The largest absolute Gasteiger partial charge is 0.497 e. The summed E-state index contributed by atoms with van der Waals surface area (Å²) in [6.07, 6.45) is 2.09. The molecule has 3 aromatic rings. The van der Waals surface area contributed by atoms with Crippen molar-refractivity contribution in [2.45, 2.75) is 12.8 Å². The van der Waals surface area contributed by atoms with Gasteiger partial charge in [-0.05, 0) is 35.4 Å². The minimum Gasteiger partial charge on any atom is -0.497 e. The average molecular weight is 387 g/mol. The second-order valence-electron chi connectivity index (χ2n) is 7.53. The van der Waals surface area contributed by atoms with Gasteiger partial charge in [0.2, 0.25) is 5.91 Å². The summed E-state index contributed by atoms with van der Waals surface area (Å²) in [5, 5.41) is 4.57. The molecule has 29 heavy (non-hydrogen) atoms. The zero-order valence-corrected chi connectivity index (χ0v) is 16.5. The average Bonchev–Trinajstić information content (AvgIpc) is 3.17. The zero-order valence-electron chi connectivity index (χ0n) is 16.5.